The van der Waals surface area contributed by atoms with Gasteiger partial charge in [-0.05, 0) is 18.9 Å². The van der Waals surface area contributed by atoms with Gasteiger partial charge in [0.25, 0.3) is 11.4 Å². The van der Waals surface area contributed by atoms with E-state index in [0.29, 0.717) is 0 Å². The fourth-order valence-corrected chi connectivity index (χ4v) is 1.74. The predicted molar refractivity (Wildman–Crippen MR) is 66.7 cm³/mol. The molecular formula is C10H10N2O5S. The van der Waals surface area contributed by atoms with Crippen molar-refractivity contribution in [2.45, 2.75) is 19.3 Å². The monoisotopic (exact) mass is 270 g/mol. The third kappa shape index (κ3) is 3.52. The molecule has 0 bridgehead atoms. The van der Waals surface area contributed by atoms with Gasteiger partial charge in [0.1, 0.15) is 5.56 Å². The molecule has 0 saturated carbocycles. The number of nitrogens with zero attached hydrogens (tertiary/aromatic N) is 2. The number of rotatable bonds is 6. The number of nitro benzene ring substituents is 2. The molecule has 0 N–H and O–H groups in total. The van der Waals surface area contributed by atoms with E-state index < -0.39 is 9.85 Å². The van der Waals surface area contributed by atoms with Crippen LogP contribution in [0.25, 0.3) is 0 Å². The van der Waals surface area contributed by atoms with Crippen molar-refractivity contribution in [3.05, 3.63) is 44.0 Å². The fourth-order valence-electron chi connectivity index (χ4n) is 1.58. The zero-order chi connectivity index (χ0) is 13.7. The molecule has 1 aromatic rings. The number of carbonyl (C=O) groups excluding carboxylic acids is 1. The molecule has 18 heavy (non-hydrogen) atoms. The molecule has 1 rings (SSSR count). The fraction of sp³-hybridized carbons (Fsp3) is 0.300. The van der Waals surface area contributed by atoms with Crippen LogP contribution in [0.1, 0.15) is 18.4 Å². The Hall–Kier alpha value is -1.96. The molecule has 0 atom stereocenters. The average Bonchev–Trinajstić information content (AvgIpc) is 2.28. The Bertz CT molecular complexity index is 471. The van der Waals surface area contributed by atoms with Crippen molar-refractivity contribution in [3.8, 4) is 0 Å². The van der Waals surface area contributed by atoms with Gasteiger partial charge >= 0.3 is 0 Å². The summed E-state index contributed by atoms with van der Waals surface area (Å²) in [4.78, 5) is 30.9. The van der Waals surface area contributed by atoms with E-state index in [2.05, 4.69) is 12.6 Å². The third-order valence-corrected chi connectivity index (χ3v) is 2.56. The normalized spacial score (nSPS) is 10.1. The number of carbonyl (C=O) groups is 1. The van der Waals surface area contributed by atoms with Crippen molar-refractivity contribution in [2.24, 2.45) is 0 Å². The summed E-state index contributed by atoms with van der Waals surface area (Å²) < 4.78 is 0. The highest BCUT2D eigenvalue weighted by molar-refractivity contribution is 7.96. The maximum atomic E-state index is 10.8. The first-order chi connectivity index (χ1) is 8.43. The van der Waals surface area contributed by atoms with Crippen LogP contribution in [-0.4, -0.2) is 15.0 Å². The lowest BCUT2D eigenvalue weighted by molar-refractivity contribution is -0.395. The number of thiol groups is 1. The van der Waals surface area contributed by atoms with Gasteiger partial charge in [-0.2, -0.15) is 0 Å². The molecule has 8 heteroatoms. The SMILES string of the molecule is O=C(S)CCCc1c([N+](=O)[O-])cccc1[N+](=O)[O-]. The van der Waals surface area contributed by atoms with Crippen LogP contribution in [-0.2, 0) is 11.2 Å². The average molecular weight is 270 g/mol. The zero-order valence-corrected chi connectivity index (χ0v) is 10.1. The van der Waals surface area contributed by atoms with Crippen molar-refractivity contribution >= 4 is 29.1 Å². The lowest BCUT2D eigenvalue weighted by atomic mass is 10.0. The highest BCUT2D eigenvalue weighted by Gasteiger charge is 2.23. The summed E-state index contributed by atoms with van der Waals surface area (Å²) in [6.45, 7) is 0. The topological polar surface area (TPSA) is 103 Å². The van der Waals surface area contributed by atoms with E-state index in [1.54, 1.807) is 0 Å². The third-order valence-electron chi connectivity index (χ3n) is 2.34. The van der Waals surface area contributed by atoms with E-state index >= 15 is 0 Å². The minimum absolute atomic E-state index is 0.0436. The van der Waals surface area contributed by atoms with E-state index in [1.807, 2.05) is 0 Å². The molecule has 0 aliphatic rings. The Labute approximate surface area is 108 Å². The lowest BCUT2D eigenvalue weighted by Gasteiger charge is -2.03. The maximum Gasteiger partial charge on any atom is 0.279 e. The van der Waals surface area contributed by atoms with E-state index in [-0.39, 0.29) is 41.3 Å². The summed E-state index contributed by atoms with van der Waals surface area (Å²) >= 11 is 3.57. The van der Waals surface area contributed by atoms with Gasteiger partial charge in [-0.3, -0.25) is 25.0 Å². The van der Waals surface area contributed by atoms with Crippen molar-refractivity contribution in [2.75, 3.05) is 0 Å². The highest BCUT2D eigenvalue weighted by atomic mass is 32.1. The number of hydrogen-bond acceptors (Lipinski definition) is 5. The standard InChI is InChI=1S/C10H10N2O5S/c13-10(18)6-1-3-7-8(11(14)15)4-2-5-9(7)12(16)17/h2,4-5H,1,3,6H2,(H,13,18). The smallest absolute Gasteiger partial charge is 0.279 e. The van der Waals surface area contributed by atoms with E-state index in [9.17, 15) is 25.0 Å². The van der Waals surface area contributed by atoms with Gasteiger partial charge in [0.15, 0.2) is 5.12 Å². The Morgan fingerprint density at radius 2 is 1.67 bits per heavy atom. The molecular weight excluding hydrogens is 260 g/mol. The molecule has 0 unspecified atom stereocenters. The second-order valence-corrected chi connectivity index (χ2v) is 4.04. The molecule has 0 radical (unpaired) electrons. The highest BCUT2D eigenvalue weighted by Crippen LogP contribution is 2.29. The minimum atomic E-state index is -0.662. The summed E-state index contributed by atoms with van der Waals surface area (Å²) in [6.07, 6.45) is 0.500. The van der Waals surface area contributed by atoms with Crippen molar-refractivity contribution in [1.82, 2.24) is 0 Å². The molecule has 0 heterocycles. The summed E-state index contributed by atoms with van der Waals surface area (Å²) in [5.41, 5.74) is -0.547. The summed E-state index contributed by atoms with van der Waals surface area (Å²) in [5, 5.41) is 21.2. The quantitative estimate of drug-likeness (QED) is 0.485. The van der Waals surface area contributed by atoms with Crippen LogP contribution in [0.2, 0.25) is 0 Å². The first-order valence-corrected chi connectivity index (χ1v) is 5.50. The van der Waals surface area contributed by atoms with E-state index in [1.165, 1.54) is 18.2 Å². The molecule has 96 valence electrons. The van der Waals surface area contributed by atoms with Crippen LogP contribution >= 0.6 is 12.6 Å². The minimum Gasteiger partial charge on any atom is -0.288 e. The molecule has 7 nitrogen and oxygen atoms in total. The van der Waals surface area contributed by atoms with Crippen LogP contribution in [0.5, 0.6) is 0 Å². The molecule has 0 saturated heterocycles. The summed E-state index contributed by atoms with van der Waals surface area (Å²) in [5.74, 6) is 0. The number of nitro groups is 2. The predicted octanol–water partition coefficient (Wildman–Crippen LogP) is 2.28. The summed E-state index contributed by atoms with van der Waals surface area (Å²) in [7, 11) is 0. The van der Waals surface area contributed by atoms with Crippen LogP contribution in [0.4, 0.5) is 11.4 Å². The van der Waals surface area contributed by atoms with Gasteiger partial charge in [0.05, 0.1) is 9.85 Å². The van der Waals surface area contributed by atoms with Gasteiger partial charge in [-0.1, -0.05) is 0 Å². The molecule has 0 fully saturated rings. The van der Waals surface area contributed by atoms with Gasteiger partial charge < -0.3 is 0 Å². The Morgan fingerprint density at radius 1 is 1.17 bits per heavy atom. The first kappa shape index (κ1) is 14.1. The molecule has 0 aromatic heterocycles. The second-order valence-electron chi connectivity index (χ2n) is 3.54. The van der Waals surface area contributed by atoms with Crippen LogP contribution < -0.4 is 0 Å². The van der Waals surface area contributed by atoms with Crippen molar-refractivity contribution in [3.63, 3.8) is 0 Å². The second kappa shape index (κ2) is 6.10. The molecule has 0 spiro atoms. The molecule has 0 amide bonds. The Balaban J connectivity index is 3.07. The van der Waals surface area contributed by atoms with Crippen molar-refractivity contribution < 1.29 is 14.6 Å². The van der Waals surface area contributed by atoms with Crippen LogP contribution in [0.15, 0.2) is 18.2 Å². The lowest BCUT2D eigenvalue weighted by Crippen LogP contribution is -2.02. The van der Waals surface area contributed by atoms with Gasteiger partial charge in [0.2, 0.25) is 0 Å². The van der Waals surface area contributed by atoms with Gasteiger partial charge in [-0.15, -0.1) is 12.6 Å². The Kier molecular flexibility index (Phi) is 4.78. The van der Waals surface area contributed by atoms with Crippen LogP contribution in [0, 0.1) is 20.2 Å². The van der Waals surface area contributed by atoms with Crippen molar-refractivity contribution in [1.29, 1.82) is 0 Å². The van der Waals surface area contributed by atoms with Crippen LogP contribution in [0.3, 0.4) is 0 Å². The molecule has 1 aromatic carbocycles. The first-order valence-electron chi connectivity index (χ1n) is 5.06. The van der Waals surface area contributed by atoms with E-state index in [4.69, 9.17) is 0 Å². The number of benzene rings is 1. The summed E-state index contributed by atoms with van der Waals surface area (Å²) in [6, 6.07) is 3.69. The van der Waals surface area contributed by atoms with Gasteiger partial charge in [0, 0.05) is 18.6 Å². The van der Waals surface area contributed by atoms with E-state index in [0.717, 1.165) is 0 Å². The Morgan fingerprint density at radius 3 is 2.06 bits per heavy atom. The maximum absolute atomic E-state index is 10.8. The largest absolute Gasteiger partial charge is 0.288 e. The molecule has 0 aliphatic heterocycles. The molecule has 0 aliphatic carbocycles. The zero-order valence-electron chi connectivity index (χ0n) is 9.24. The number of hydrogen-bond donors (Lipinski definition) is 1. The van der Waals surface area contributed by atoms with Gasteiger partial charge in [-0.25, -0.2) is 0 Å².